The van der Waals surface area contributed by atoms with Gasteiger partial charge < -0.3 is 34.2 Å². The number of rotatable bonds is 14. The van der Waals surface area contributed by atoms with Crippen molar-refractivity contribution in [3.8, 4) is 0 Å². The topological polar surface area (TPSA) is 174 Å². The quantitative estimate of drug-likeness (QED) is 0.122. The standard InChI is InChI=1S/C24H39NO9S3.C2H4O2/c1-14(26)25-19(13-37(7)12-10-8-9-11-36-18(5)30)20-21(31-15(2)27)22(32-16(3)28)23(33-17(4)29)24(34-20)35-6;1-2(3)4/h19-24H,8-13H2,1-7H3;1H3,(H,3,4)/t19-,20+,21-,22-,23+,24+,37?;/m0./s1. The summed E-state index contributed by atoms with van der Waals surface area (Å²) in [4.78, 5) is 68.0. The molecule has 0 bridgehead atoms. The number of carbonyl (C=O) groups excluding carboxylic acids is 6. The van der Waals surface area contributed by atoms with Crippen molar-refractivity contribution in [2.75, 3.05) is 29.8 Å². The first kappa shape index (κ1) is 39.0. The van der Waals surface area contributed by atoms with Crippen LogP contribution in [0.5, 0.6) is 0 Å². The van der Waals surface area contributed by atoms with Crippen molar-refractivity contribution in [2.24, 2.45) is 0 Å². The number of amides is 1. The second-order valence-corrected chi connectivity index (χ2v) is 13.8. The Balaban J connectivity index is 0.00000373. The number of aliphatic carboxylic acids is 1. The van der Waals surface area contributed by atoms with Gasteiger partial charge in [0.1, 0.15) is 29.1 Å². The smallest absolute Gasteiger partial charge is 0.303 e. The average Bonchev–Trinajstić information content (AvgIpc) is 2.81. The predicted molar refractivity (Wildman–Crippen MR) is 157 cm³/mol. The van der Waals surface area contributed by atoms with Crippen molar-refractivity contribution in [1.29, 1.82) is 0 Å². The van der Waals surface area contributed by atoms with Crippen molar-refractivity contribution in [3.05, 3.63) is 0 Å². The molecule has 1 fully saturated rings. The first-order chi connectivity index (χ1) is 19.1. The van der Waals surface area contributed by atoms with Gasteiger partial charge >= 0.3 is 17.9 Å². The van der Waals surface area contributed by atoms with Gasteiger partial charge in [0, 0.05) is 46.3 Å². The van der Waals surface area contributed by atoms with Gasteiger partial charge in [-0.05, 0) is 43.3 Å². The summed E-state index contributed by atoms with van der Waals surface area (Å²) in [5, 5.41) is 11.9. The fourth-order valence-electron chi connectivity index (χ4n) is 4.03. The van der Waals surface area contributed by atoms with Crippen LogP contribution < -0.4 is 10.4 Å². The maximum atomic E-state index is 12.2. The molecule has 236 valence electrons. The van der Waals surface area contributed by atoms with E-state index in [0.717, 1.165) is 37.7 Å². The molecule has 1 unspecified atom stereocenters. The van der Waals surface area contributed by atoms with Crippen molar-refractivity contribution in [2.45, 2.75) is 96.7 Å². The molecule has 12 nitrogen and oxygen atoms in total. The Bertz CT molecular complexity index is 885. The van der Waals surface area contributed by atoms with Crippen LogP contribution in [0.4, 0.5) is 0 Å². The molecule has 1 saturated heterocycles. The molecule has 0 spiro atoms. The zero-order chi connectivity index (χ0) is 31.7. The summed E-state index contributed by atoms with van der Waals surface area (Å²) >= 11 is 2.59. The number of carbonyl (C=O) groups is 6. The summed E-state index contributed by atoms with van der Waals surface area (Å²) in [7, 11) is -0.122. The number of nitrogens with one attached hydrogen (secondary N) is 1. The molecule has 1 heterocycles. The fraction of sp³-hybridized carbons (Fsp3) is 0.769. The summed E-state index contributed by atoms with van der Waals surface area (Å²) in [6, 6.07) is -0.547. The van der Waals surface area contributed by atoms with Crippen molar-refractivity contribution >= 4 is 69.3 Å². The molecular weight excluding hydrogens is 598 g/mol. The molecule has 1 rings (SSSR count). The van der Waals surface area contributed by atoms with Gasteiger partial charge in [-0.15, -0.1) is 11.8 Å². The van der Waals surface area contributed by atoms with Gasteiger partial charge in [0.05, 0.1) is 6.26 Å². The lowest BCUT2D eigenvalue weighted by atomic mass is 9.94. The third-order valence-corrected chi connectivity index (χ3v) is 9.02. The van der Waals surface area contributed by atoms with Gasteiger partial charge in [0.15, 0.2) is 23.4 Å². The SMILES string of the molecule is CC(=O)[O-].CS[C@H]1O[C@H]([C@H](C[S+](C)CCCCCSC(C)=O)NC(C)=O)[C@H](OC(C)=O)[C@H](OC(C)=O)[C@H]1OC(C)=O. The minimum Gasteiger partial charge on any atom is -0.550 e. The predicted octanol–water partition coefficient (Wildman–Crippen LogP) is 0.828. The van der Waals surface area contributed by atoms with Gasteiger partial charge in [0.25, 0.3) is 0 Å². The first-order valence-electron chi connectivity index (χ1n) is 13.0. The summed E-state index contributed by atoms with van der Waals surface area (Å²) in [5.41, 5.74) is -0.723. The van der Waals surface area contributed by atoms with E-state index in [-0.39, 0.29) is 21.9 Å². The van der Waals surface area contributed by atoms with Crippen LogP contribution in [0, 0.1) is 0 Å². The number of hydrogen-bond donors (Lipinski definition) is 1. The highest BCUT2D eigenvalue weighted by Crippen LogP contribution is 2.34. The lowest BCUT2D eigenvalue weighted by Gasteiger charge is -2.46. The normalized spacial score (nSPS) is 23.1. The largest absolute Gasteiger partial charge is 0.550 e. The zero-order valence-corrected chi connectivity index (χ0v) is 27.4. The Hall–Kier alpha value is -1.97. The monoisotopic (exact) mass is 641 g/mol. The van der Waals surface area contributed by atoms with Crippen LogP contribution in [0.25, 0.3) is 0 Å². The van der Waals surface area contributed by atoms with Crippen molar-refractivity contribution in [3.63, 3.8) is 0 Å². The van der Waals surface area contributed by atoms with E-state index in [1.54, 1.807) is 13.2 Å². The van der Waals surface area contributed by atoms with Gasteiger partial charge in [-0.3, -0.25) is 24.0 Å². The minimum absolute atomic E-state index is 0.120. The summed E-state index contributed by atoms with van der Waals surface area (Å²) in [6.45, 7) is 7.61. The van der Waals surface area contributed by atoms with E-state index in [2.05, 4.69) is 11.6 Å². The molecule has 1 amide bonds. The molecule has 1 N–H and O–H groups in total. The molecule has 7 atom stereocenters. The third-order valence-electron chi connectivity index (χ3n) is 5.36. The number of thioether (sulfide) groups is 2. The summed E-state index contributed by atoms with van der Waals surface area (Å²) in [6.07, 6.45) is 2.70. The van der Waals surface area contributed by atoms with E-state index in [0.29, 0.717) is 5.75 Å². The maximum Gasteiger partial charge on any atom is 0.303 e. The second kappa shape index (κ2) is 20.8. The highest BCUT2D eigenvalue weighted by atomic mass is 32.2. The average molecular weight is 642 g/mol. The molecule has 41 heavy (non-hydrogen) atoms. The Kier molecular flexibility index (Phi) is 19.8. The van der Waals surface area contributed by atoms with Crippen molar-refractivity contribution in [1.82, 2.24) is 5.32 Å². The van der Waals surface area contributed by atoms with Crippen LogP contribution in [0.1, 0.15) is 60.8 Å². The third kappa shape index (κ3) is 17.6. The number of hydrogen-bond acceptors (Lipinski definition) is 13. The van der Waals surface area contributed by atoms with E-state index >= 15 is 0 Å². The van der Waals surface area contributed by atoms with E-state index in [4.69, 9.17) is 28.8 Å². The highest BCUT2D eigenvalue weighted by Gasteiger charge is 2.54. The Morgan fingerprint density at radius 2 is 1.37 bits per heavy atom. The van der Waals surface area contributed by atoms with Gasteiger partial charge in [-0.25, -0.2) is 0 Å². The lowest BCUT2D eigenvalue weighted by molar-refractivity contribution is -0.302. The number of ether oxygens (including phenoxy) is 4. The van der Waals surface area contributed by atoms with E-state index in [1.165, 1.54) is 51.2 Å². The van der Waals surface area contributed by atoms with Crippen LogP contribution in [0.2, 0.25) is 0 Å². The molecule has 15 heteroatoms. The van der Waals surface area contributed by atoms with Crippen LogP contribution >= 0.6 is 23.5 Å². The Morgan fingerprint density at radius 3 is 1.83 bits per heavy atom. The van der Waals surface area contributed by atoms with Gasteiger partial charge in [-0.1, -0.05) is 11.8 Å². The van der Waals surface area contributed by atoms with Crippen LogP contribution in [0.3, 0.4) is 0 Å². The summed E-state index contributed by atoms with van der Waals surface area (Å²) in [5.74, 6) is -0.939. The number of carboxylic acid groups (broad SMARTS) is 1. The first-order valence-corrected chi connectivity index (χ1v) is 17.2. The molecule has 1 aliphatic rings. The molecule has 0 radical (unpaired) electrons. The second-order valence-electron chi connectivity index (χ2n) is 9.28. The van der Waals surface area contributed by atoms with Crippen molar-refractivity contribution < 1.29 is 52.8 Å². The number of carboxylic acids is 1. The van der Waals surface area contributed by atoms with Gasteiger partial charge in [0.2, 0.25) is 5.91 Å². The molecule has 0 saturated carbocycles. The molecule has 0 aromatic heterocycles. The van der Waals surface area contributed by atoms with E-state index in [9.17, 15) is 24.0 Å². The Morgan fingerprint density at radius 1 is 0.854 bits per heavy atom. The molecule has 0 aliphatic carbocycles. The Labute approximate surface area is 253 Å². The van der Waals surface area contributed by atoms with Crippen LogP contribution in [0.15, 0.2) is 0 Å². The van der Waals surface area contributed by atoms with E-state index in [1.807, 2.05) is 0 Å². The number of esters is 3. The fourth-order valence-corrected chi connectivity index (χ4v) is 7.13. The minimum atomic E-state index is -1.12. The zero-order valence-electron chi connectivity index (χ0n) is 24.9. The van der Waals surface area contributed by atoms with Gasteiger partial charge in [-0.2, -0.15) is 0 Å². The lowest BCUT2D eigenvalue weighted by Crippen LogP contribution is -2.66. The number of unbranched alkanes of at least 4 members (excludes halogenated alkanes) is 2. The van der Waals surface area contributed by atoms with Crippen LogP contribution in [-0.4, -0.2) is 101 Å². The maximum absolute atomic E-state index is 12.2. The molecule has 1 aliphatic heterocycles. The molecular formula is C26H43NO11S3. The summed E-state index contributed by atoms with van der Waals surface area (Å²) < 4.78 is 22.9. The molecule has 0 aromatic carbocycles. The van der Waals surface area contributed by atoms with Crippen LogP contribution in [-0.2, 0) is 58.6 Å². The highest BCUT2D eigenvalue weighted by molar-refractivity contribution is 8.13. The molecule has 0 aromatic rings. The van der Waals surface area contributed by atoms with E-state index < -0.39 is 59.8 Å².